The fourth-order valence-corrected chi connectivity index (χ4v) is 5.33. The van der Waals surface area contributed by atoms with Crippen LogP contribution in [0.3, 0.4) is 0 Å². The van der Waals surface area contributed by atoms with E-state index in [4.69, 9.17) is 5.73 Å². The van der Waals surface area contributed by atoms with Crippen molar-refractivity contribution in [1.82, 2.24) is 10.2 Å². The van der Waals surface area contributed by atoms with E-state index < -0.39 is 29.8 Å². The number of carbonyl (C=O) groups excluding carboxylic acids is 1. The van der Waals surface area contributed by atoms with Gasteiger partial charge in [-0.3, -0.25) is 9.69 Å². The Balaban J connectivity index is 1.41. The molecule has 4 N–H and O–H groups in total. The molecule has 2 fully saturated rings. The average Bonchev–Trinajstić information content (AvgIpc) is 3.14. The van der Waals surface area contributed by atoms with Crippen molar-refractivity contribution in [3.8, 4) is 0 Å². The van der Waals surface area contributed by atoms with Crippen LogP contribution >= 0.6 is 0 Å². The molecular formula is C26H33F2N3O2. The first kappa shape index (κ1) is 23.6. The summed E-state index contributed by atoms with van der Waals surface area (Å²) >= 11 is 0. The molecule has 4 rings (SSSR count). The highest BCUT2D eigenvalue weighted by atomic mass is 19.3. The summed E-state index contributed by atoms with van der Waals surface area (Å²) < 4.78 is 28.0. The number of piperidine rings is 1. The zero-order valence-electron chi connectivity index (χ0n) is 19.1. The van der Waals surface area contributed by atoms with Crippen molar-refractivity contribution >= 4 is 11.6 Å². The molecule has 1 heterocycles. The first-order valence-electron chi connectivity index (χ1n) is 11.7. The number of benzene rings is 2. The van der Waals surface area contributed by atoms with Gasteiger partial charge in [-0.1, -0.05) is 36.4 Å². The molecule has 33 heavy (non-hydrogen) atoms. The van der Waals surface area contributed by atoms with Gasteiger partial charge in [0.2, 0.25) is 5.92 Å². The van der Waals surface area contributed by atoms with Crippen molar-refractivity contribution in [2.24, 2.45) is 5.92 Å². The smallest absolute Gasteiger partial charge is 0.257 e. The second kappa shape index (κ2) is 9.39. The van der Waals surface area contributed by atoms with Gasteiger partial charge in [0, 0.05) is 50.1 Å². The SMILES string of the molecule is Cc1cc(N)cc(CN2CCC(NC(=O)C(O)(c3ccccc3)[C@@H]3CCC(F)(F)C3)CC2)c1. The Kier molecular flexibility index (Phi) is 6.73. The molecular weight excluding hydrogens is 424 g/mol. The molecule has 0 radical (unpaired) electrons. The van der Waals surface area contributed by atoms with E-state index in [9.17, 15) is 18.7 Å². The van der Waals surface area contributed by atoms with Gasteiger partial charge in [0.1, 0.15) is 0 Å². The molecule has 0 bridgehead atoms. The van der Waals surface area contributed by atoms with Crippen molar-refractivity contribution in [2.75, 3.05) is 18.8 Å². The Hall–Kier alpha value is -2.51. The standard InChI is InChI=1S/C26H33F2N3O2/c1-18-13-19(15-22(29)14-18)17-31-11-8-23(9-12-31)30-24(32)26(33,20-5-3-2-4-6-20)21-7-10-25(27,28)16-21/h2-6,13-15,21,23,33H,7-12,16-17,29H2,1H3,(H,30,32)/t21-,26?/m1/s1. The lowest BCUT2D eigenvalue weighted by Crippen LogP contribution is -2.54. The highest BCUT2D eigenvalue weighted by molar-refractivity contribution is 5.87. The van der Waals surface area contributed by atoms with Gasteiger partial charge < -0.3 is 16.2 Å². The first-order valence-corrected chi connectivity index (χ1v) is 11.7. The lowest BCUT2D eigenvalue weighted by Gasteiger charge is -2.37. The largest absolute Gasteiger partial charge is 0.399 e. The van der Waals surface area contributed by atoms with Gasteiger partial charge in [0.15, 0.2) is 5.60 Å². The Morgan fingerprint density at radius 2 is 1.88 bits per heavy atom. The van der Waals surface area contributed by atoms with Gasteiger partial charge in [-0.15, -0.1) is 0 Å². The molecule has 178 valence electrons. The number of nitrogens with zero attached hydrogens (tertiary/aromatic N) is 1. The number of nitrogens with two attached hydrogens (primary N) is 1. The molecule has 2 aliphatic rings. The van der Waals surface area contributed by atoms with E-state index in [0.717, 1.165) is 49.3 Å². The van der Waals surface area contributed by atoms with Crippen LogP contribution < -0.4 is 11.1 Å². The normalized spacial score (nSPS) is 23.2. The minimum Gasteiger partial charge on any atom is -0.399 e. The number of carbonyl (C=O) groups is 1. The third-order valence-electron chi connectivity index (χ3n) is 7.04. The molecule has 2 atom stereocenters. The number of likely N-dealkylation sites (tertiary alicyclic amines) is 1. The monoisotopic (exact) mass is 457 g/mol. The average molecular weight is 458 g/mol. The highest BCUT2D eigenvalue weighted by Gasteiger charge is 2.53. The third kappa shape index (κ3) is 5.36. The zero-order chi connectivity index (χ0) is 23.6. The molecule has 1 unspecified atom stereocenters. The minimum atomic E-state index is -2.85. The number of aryl methyl sites for hydroxylation is 1. The van der Waals surface area contributed by atoms with Crippen LogP contribution in [0, 0.1) is 12.8 Å². The van der Waals surface area contributed by atoms with Crippen LogP contribution in [0.4, 0.5) is 14.5 Å². The predicted molar refractivity (Wildman–Crippen MR) is 125 cm³/mol. The first-order chi connectivity index (χ1) is 15.7. The maximum Gasteiger partial charge on any atom is 0.257 e. The highest BCUT2D eigenvalue weighted by Crippen LogP contribution is 2.47. The molecule has 5 nitrogen and oxygen atoms in total. The Labute approximate surface area is 194 Å². The van der Waals surface area contributed by atoms with Crippen molar-refractivity contribution < 1.29 is 18.7 Å². The second-order valence-electron chi connectivity index (χ2n) is 9.70. The second-order valence-corrected chi connectivity index (χ2v) is 9.70. The van der Waals surface area contributed by atoms with Crippen LogP contribution in [0.1, 0.15) is 48.8 Å². The maximum absolute atomic E-state index is 14.0. The summed E-state index contributed by atoms with van der Waals surface area (Å²) in [6.07, 6.45) is 0.799. The zero-order valence-corrected chi connectivity index (χ0v) is 19.1. The number of alkyl halides is 2. The lowest BCUT2D eigenvalue weighted by molar-refractivity contribution is -0.149. The van der Waals surface area contributed by atoms with Crippen LogP contribution in [0.15, 0.2) is 48.5 Å². The topological polar surface area (TPSA) is 78.6 Å². The number of hydrogen-bond acceptors (Lipinski definition) is 4. The molecule has 1 amide bonds. The van der Waals surface area contributed by atoms with Crippen LogP contribution in [-0.2, 0) is 16.9 Å². The van der Waals surface area contributed by atoms with Gasteiger partial charge in [0.25, 0.3) is 5.91 Å². The number of nitrogens with one attached hydrogen (secondary N) is 1. The number of halogens is 2. The predicted octanol–water partition coefficient (Wildman–Crippen LogP) is 3.98. The number of hydrogen-bond donors (Lipinski definition) is 3. The summed E-state index contributed by atoms with van der Waals surface area (Å²) in [5, 5.41) is 14.5. The van der Waals surface area contributed by atoms with Crippen LogP contribution in [-0.4, -0.2) is 41.0 Å². The minimum absolute atomic E-state index is 0.103. The molecule has 1 aliphatic carbocycles. The van der Waals surface area contributed by atoms with E-state index in [2.05, 4.69) is 16.3 Å². The number of amides is 1. The van der Waals surface area contributed by atoms with Gasteiger partial charge in [-0.05, 0) is 55.0 Å². The molecule has 2 aromatic carbocycles. The summed E-state index contributed by atoms with van der Waals surface area (Å²) in [6.45, 7) is 4.40. The van der Waals surface area contributed by atoms with Gasteiger partial charge in [-0.25, -0.2) is 8.78 Å². The molecule has 1 aliphatic heterocycles. The van der Waals surface area contributed by atoms with Gasteiger partial charge in [0.05, 0.1) is 0 Å². The molecule has 7 heteroatoms. The molecule has 0 spiro atoms. The number of nitrogen functional groups attached to an aromatic ring is 1. The number of aliphatic hydroxyl groups is 1. The lowest BCUT2D eigenvalue weighted by atomic mass is 9.79. The fourth-order valence-electron chi connectivity index (χ4n) is 5.33. The van der Waals surface area contributed by atoms with Crippen molar-refractivity contribution in [2.45, 2.75) is 63.1 Å². The maximum atomic E-state index is 14.0. The number of anilines is 1. The van der Waals surface area contributed by atoms with E-state index >= 15 is 0 Å². The molecule has 1 saturated carbocycles. The molecule has 0 aromatic heterocycles. The quantitative estimate of drug-likeness (QED) is 0.574. The molecule has 2 aromatic rings. The van der Waals surface area contributed by atoms with Crippen LogP contribution in [0.25, 0.3) is 0 Å². The van der Waals surface area contributed by atoms with E-state index in [1.807, 2.05) is 19.1 Å². The van der Waals surface area contributed by atoms with Crippen molar-refractivity contribution in [3.05, 3.63) is 65.2 Å². The summed E-state index contributed by atoms with van der Waals surface area (Å²) in [4.78, 5) is 15.7. The van der Waals surface area contributed by atoms with E-state index in [-0.39, 0.29) is 18.9 Å². The van der Waals surface area contributed by atoms with E-state index in [0.29, 0.717) is 5.56 Å². The summed E-state index contributed by atoms with van der Waals surface area (Å²) in [6, 6.07) is 14.5. The molecule has 1 saturated heterocycles. The Bertz CT molecular complexity index is 957. The van der Waals surface area contributed by atoms with Crippen LogP contribution in [0.5, 0.6) is 0 Å². The Morgan fingerprint density at radius 1 is 1.18 bits per heavy atom. The summed E-state index contributed by atoms with van der Waals surface area (Å²) in [7, 11) is 0. The van der Waals surface area contributed by atoms with E-state index in [1.165, 1.54) is 0 Å². The van der Waals surface area contributed by atoms with Crippen LogP contribution in [0.2, 0.25) is 0 Å². The summed E-state index contributed by atoms with van der Waals surface area (Å²) in [5.41, 5.74) is 7.42. The third-order valence-corrected chi connectivity index (χ3v) is 7.04. The fraction of sp³-hybridized carbons (Fsp3) is 0.500. The number of rotatable bonds is 6. The Morgan fingerprint density at radius 3 is 2.48 bits per heavy atom. The summed E-state index contributed by atoms with van der Waals surface area (Å²) in [5.74, 6) is -4.24. The van der Waals surface area contributed by atoms with Crippen molar-refractivity contribution in [1.29, 1.82) is 0 Å². The van der Waals surface area contributed by atoms with Crippen molar-refractivity contribution in [3.63, 3.8) is 0 Å². The van der Waals surface area contributed by atoms with Gasteiger partial charge >= 0.3 is 0 Å². The van der Waals surface area contributed by atoms with E-state index in [1.54, 1.807) is 30.3 Å². The van der Waals surface area contributed by atoms with Gasteiger partial charge in [-0.2, -0.15) is 0 Å².